The van der Waals surface area contributed by atoms with Crippen LogP contribution in [0.4, 0.5) is 5.69 Å². The van der Waals surface area contributed by atoms with E-state index < -0.39 is 0 Å². The Morgan fingerprint density at radius 1 is 1.12 bits per heavy atom. The van der Waals surface area contributed by atoms with Gasteiger partial charge in [-0.05, 0) is 52.3 Å². The topological polar surface area (TPSA) is 72.7 Å². The van der Waals surface area contributed by atoms with Crippen molar-refractivity contribution in [2.24, 2.45) is 0 Å². The highest BCUT2D eigenvalue weighted by Crippen LogP contribution is 2.20. The molecular weight excluding hydrogens is 302 g/mol. The van der Waals surface area contributed by atoms with E-state index in [9.17, 15) is 4.79 Å². The van der Waals surface area contributed by atoms with Crippen molar-refractivity contribution in [1.29, 1.82) is 0 Å². The first-order chi connectivity index (χ1) is 11.4. The van der Waals surface area contributed by atoms with Crippen LogP contribution in [0.15, 0.2) is 24.7 Å². The highest BCUT2D eigenvalue weighted by Gasteiger charge is 2.13. The van der Waals surface area contributed by atoms with Gasteiger partial charge in [0.15, 0.2) is 5.65 Å². The first kappa shape index (κ1) is 16.1. The van der Waals surface area contributed by atoms with Gasteiger partial charge >= 0.3 is 0 Å². The van der Waals surface area contributed by atoms with E-state index in [2.05, 4.69) is 34.1 Å². The van der Waals surface area contributed by atoms with Gasteiger partial charge in [0.2, 0.25) is 0 Å². The van der Waals surface area contributed by atoms with Gasteiger partial charge in [0.1, 0.15) is 5.52 Å². The van der Waals surface area contributed by atoms with E-state index in [0.717, 1.165) is 28.3 Å². The average molecular weight is 323 g/mol. The summed E-state index contributed by atoms with van der Waals surface area (Å²) in [7, 11) is 0. The highest BCUT2D eigenvalue weighted by atomic mass is 16.1. The molecule has 3 rings (SSSR count). The van der Waals surface area contributed by atoms with E-state index in [4.69, 9.17) is 0 Å². The molecule has 0 fully saturated rings. The van der Waals surface area contributed by atoms with E-state index >= 15 is 0 Å². The summed E-state index contributed by atoms with van der Waals surface area (Å²) >= 11 is 0. The molecule has 0 aromatic carbocycles. The van der Waals surface area contributed by atoms with Crippen LogP contribution in [0.25, 0.3) is 11.2 Å². The fourth-order valence-electron chi connectivity index (χ4n) is 2.57. The van der Waals surface area contributed by atoms with E-state index in [1.54, 1.807) is 18.6 Å². The standard InChI is InChI=1S/C18H21N5O/c1-10(2)23-9-20-16-7-14(8-19-17(16)23)18(24)22-15-6-11(3)12(4)21-13(15)5/h6-10H,1-5H3,(H,22,24). The van der Waals surface area contributed by atoms with Crippen LogP contribution in [-0.4, -0.2) is 25.4 Å². The minimum absolute atomic E-state index is 0.211. The normalized spacial score (nSPS) is 11.2. The summed E-state index contributed by atoms with van der Waals surface area (Å²) < 4.78 is 1.98. The Balaban J connectivity index is 1.90. The molecule has 0 aliphatic carbocycles. The second-order valence-electron chi connectivity index (χ2n) is 6.29. The lowest BCUT2D eigenvalue weighted by Gasteiger charge is -2.11. The number of carbonyl (C=O) groups excluding carboxylic acids is 1. The molecule has 0 aliphatic rings. The Morgan fingerprint density at radius 3 is 2.58 bits per heavy atom. The molecule has 0 spiro atoms. The Bertz CT molecular complexity index is 927. The van der Waals surface area contributed by atoms with Gasteiger partial charge in [0, 0.05) is 17.9 Å². The van der Waals surface area contributed by atoms with Crippen molar-refractivity contribution in [1.82, 2.24) is 19.5 Å². The lowest BCUT2D eigenvalue weighted by Crippen LogP contribution is -2.14. The maximum atomic E-state index is 12.5. The summed E-state index contributed by atoms with van der Waals surface area (Å²) in [5.41, 5.74) is 5.50. The molecular formula is C18H21N5O. The Hall–Kier alpha value is -2.76. The minimum atomic E-state index is -0.211. The second kappa shape index (κ2) is 6.03. The van der Waals surface area contributed by atoms with Crippen LogP contribution in [0.1, 0.15) is 47.2 Å². The molecule has 0 aliphatic heterocycles. The molecule has 6 nitrogen and oxygen atoms in total. The number of carbonyl (C=O) groups is 1. The quantitative estimate of drug-likeness (QED) is 0.799. The summed E-state index contributed by atoms with van der Waals surface area (Å²) in [6.07, 6.45) is 3.34. The average Bonchev–Trinajstić information content (AvgIpc) is 2.95. The molecule has 6 heteroatoms. The number of amides is 1. The number of pyridine rings is 2. The monoisotopic (exact) mass is 323 g/mol. The fraction of sp³-hybridized carbons (Fsp3) is 0.333. The molecule has 0 saturated carbocycles. The van der Waals surface area contributed by atoms with Crippen molar-refractivity contribution in [3.05, 3.63) is 47.2 Å². The number of aromatic nitrogens is 4. The Morgan fingerprint density at radius 2 is 1.88 bits per heavy atom. The van der Waals surface area contributed by atoms with E-state index in [1.807, 2.05) is 31.4 Å². The number of hydrogen-bond donors (Lipinski definition) is 1. The molecule has 3 aromatic rings. The summed E-state index contributed by atoms with van der Waals surface area (Å²) in [5, 5.41) is 2.91. The number of anilines is 1. The van der Waals surface area contributed by atoms with E-state index in [-0.39, 0.29) is 11.9 Å². The number of fused-ring (bicyclic) bond motifs is 1. The molecule has 0 atom stereocenters. The van der Waals surface area contributed by atoms with Gasteiger partial charge in [-0.3, -0.25) is 9.78 Å². The Kier molecular flexibility index (Phi) is 4.05. The molecule has 0 radical (unpaired) electrons. The van der Waals surface area contributed by atoms with Crippen molar-refractivity contribution in [3.8, 4) is 0 Å². The molecule has 24 heavy (non-hydrogen) atoms. The SMILES string of the molecule is Cc1cc(NC(=O)c2cnc3c(c2)ncn3C(C)C)c(C)nc1C. The molecule has 0 unspecified atom stereocenters. The van der Waals surface area contributed by atoms with Gasteiger partial charge in [-0.2, -0.15) is 0 Å². The molecule has 0 saturated heterocycles. The lowest BCUT2D eigenvalue weighted by atomic mass is 10.1. The predicted molar refractivity (Wildman–Crippen MR) is 94.3 cm³/mol. The summed E-state index contributed by atoms with van der Waals surface area (Å²) in [5.74, 6) is -0.211. The maximum absolute atomic E-state index is 12.5. The largest absolute Gasteiger partial charge is 0.320 e. The minimum Gasteiger partial charge on any atom is -0.320 e. The van der Waals surface area contributed by atoms with Gasteiger partial charge in [-0.1, -0.05) is 0 Å². The molecule has 3 aromatic heterocycles. The zero-order chi connectivity index (χ0) is 17.4. The third-order valence-electron chi connectivity index (χ3n) is 4.14. The number of nitrogens with zero attached hydrogens (tertiary/aromatic N) is 4. The van der Waals surface area contributed by atoms with Crippen LogP contribution in [0.2, 0.25) is 0 Å². The van der Waals surface area contributed by atoms with Crippen molar-refractivity contribution < 1.29 is 4.79 Å². The van der Waals surface area contributed by atoms with Gasteiger partial charge in [0.25, 0.3) is 5.91 Å². The highest BCUT2D eigenvalue weighted by molar-refractivity contribution is 6.05. The molecule has 124 valence electrons. The zero-order valence-corrected chi connectivity index (χ0v) is 14.6. The van der Waals surface area contributed by atoms with Crippen LogP contribution in [-0.2, 0) is 0 Å². The van der Waals surface area contributed by atoms with Gasteiger partial charge in [-0.15, -0.1) is 0 Å². The molecule has 1 N–H and O–H groups in total. The van der Waals surface area contributed by atoms with Crippen molar-refractivity contribution in [3.63, 3.8) is 0 Å². The predicted octanol–water partition coefficient (Wildman–Crippen LogP) is 3.58. The van der Waals surface area contributed by atoms with Gasteiger partial charge in [-0.25, -0.2) is 9.97 Å². The van der Waals surface area contributed by atoms with Gasteiger partial charge < -0.3 is 9.88 Å². The molecule has 3 heterocycles. The van der Waals surface area contributed by atoms with E-state index in [0.29, 0.717) is 11.1 Å². The first-order valence-corrected chi connectivity index (χ1v) is 7.95. The molecule has 0 bridgehead atoms. The van der Waals surface area contributed by atoms with Crippen LogP contribution in [0.3, 0.4) is 0 Å². The second-order valence-corrected chi connectivity index (χ2v) is 6.29. The smallest absolute Gasteiger partial charge is 0.257 e. The van der Waals surface area contributed by atoms with Crippen LogP contribution < -0.4 is 5.32 Å². The van der Waals surface area contributed by atoms with Crippen molar-refractivity contribution in [2.75, 3.05) is 5.32 Å². The lowest BCUT2D eigenvalue weighted by molar-refractivity contribution is 0.102. The van der Waals surface area contributed by atoms with Crippen LogP contribution in [0.5, 0.6) is 0 Å². The van der Waals surface area contributed by atoms with Gasteiger partial charge in [0.05, 0.1) is 23.3 Å². The number of rotatable bonds is 3. The molecule has 1 amide bonds. The van der Waals surface area contributed by atoms with E-state index in [1.165, 1.54) is 0 Å². The van der Waals surface area contributed by atoms with Crippen molar-refractivity contribution >= 4 is 22.8 Å². The van der Waals surface area contributed by atoms with Crippen LogP contribution in [0, 0.1) is 20.8 Å². The number of imidazole rings is 1. The first-order valence-electron chi connectivity index (χ1n) is 7.95. The zero-order valence-electron chi connectivity index (χ0n) is 14.6. The number of nitrogens with one attached hydrogen (secondary N) is 1. The maximum Gasteiger partial charge on any atom is 0.257 e. The third kappa shape index (κ3) is 2.87. The third-order valence-corrected chi connectivity index (χ3v) is 4.14. The summed E-state index contributed by atoms with van der Waals surface area (Å²) in [6, 6.07) is 3.97. The number of aryl methyl sites for hydroxylation is 3. The number of hydrogen-bond acceptors (Lipinski definition) is 4. The summed E-state index contributed by atoms with van der Waals surface area (Å²) in [6.45, 7) is 9.95. The van der Waals surface area contributed by atoms with Crippen LogP contribution >= 0.6 is 0 Å². The van der Waals surface area contributed by atoms with Crippen molar-refractivity contribution in [2.45, 2.75) is 40.7 Å². The Labute approximate surface area is 141 Å². The fourth-order valence-corrected chi connectivity index (χ4v) is 2.57. The summed E-state index contributed by atoms with van der Waals surface area (Å²) in [4.78, 5) is 25.7.